The molecule has 1 amide bonds. The molecular weight excluding hydrogens is 420 g/mol. The van der Waals surface area contributed by atoms with Gasteiger partial charge in [-0.05, 0) is 32.0 Å². The number of carbonyl (C=O) groups is 2. The molecule has 1 aromatic carbocycles. The summed E-state index contributed by atoms with van der Waals surface area (Å²) < 4.78 is 3.46. The zero-order valence-electron chi connectivity index (χ0n) is 18.0. The van der Waals surface area contributed by atoms with E-state index in [1.165, 1.54) is 23.4 Å². The predicted molar refractivity (Wildman–Crippen MR) is 122 cm³/mol. The number of rotatable bonds is 6. The average molecular weight is 440 g/mol. The monoisotopic (exact) mass is 440 g/mol. The lowest BCUT2D eigenvalue weighted by Gasteiger charge is -2.07. The fourth-order valence-corrected chi connectivity index (χ4v) is 3.72. The lowest BCUT2D eigenvalue weighted by Crippen LogP contribution is -2.20. The summed E-state index contributed by atoms with van der Waals surface area (Å²) in [6.07, 6.45) is 7.86. The lowest BCUT2D eigenvalue weighted by molar-refractivity contribution is -0.116. The minimum Gasteiger partial charge on any atom is -0.329 e. The predicted octanol–water partition coefficient (Wildman–Crippen LogP) is 3.02. The van der Waals surface area contributed by atoms with Crippen molar-refractivity contribution in [2.45, 2.75) is 26.4 Å². The minimum absolute atomic E-state index is 0.0160. The van der Waals surface area contributed by atoms with Crippen molar-refractivity contribution in [2.75, 3.05) is 5.32 Å². The fourth-order valence-electron chi connectivity index (χ4n) is 3.72. The van der Waals surface area contributed by atoms with Gasteiger partial charge in [0.05, 0.1) is 23.0 Å². The second kappa shape index (κ2) is 8.23. The third-order valence-electron chi connectivity index (χ3n) is 5.29. The van der Waals surface area contributed by atoms with Crippen molar-refractivity contribution in [1.29, 1.82) is 0 Å². The Hall–Kier alpha value is -4.47. The maximum atomic E-state index is 13.3. The summed E-state index contributed by atoms with van der Waals surface area (Å²) in [7, 11) is 0. The second-order valence-corrected chi connectivity index (χ2v) is 7.88. The fraction of sp³-hybridized carbons (Fsp3) is 0.174. The van der Waals surface area contributed by atoms with E-state index in [-0.39, 0.29) is 24.3 Å². The number of ketones is 1. The highest BCUT2D eigenvalue weighted by atomic mass is 16.2. The Kier molecular flexibility index (Phi) is 5.09. The summed E-state index contributed by atoms with van der Waals surface area (Å²) in [5.74, 6) is -0.526. The molecule has 4 heterocycles. The van der Waals surface area contributed by atoms with E-state index in [9.17, 15) is 9.59 Å². The first-order valence-electron chi connectivity index (χ1n) is 10.4. The van der Waals surface area contributed by atoms with Crippen molar-refractivity contribution in [1.82, 2.24) is 34.5 Å². The van der Waals surface area contributed by atoms with E-state index in [4.69, 9.17) is 0 Å². The third-order valence-corrected chi connectivity index (χ3v) is 5.29. The highest BCUT2D eigenvalue weighted by Gasteiger charge is 2.20. The van der Waals surface area contributed by atoms with Crippen LogP contribution >= 0.6 is 0 Å². The Morgan fingerprint density at radius 3 is 2.79 bits per heavy atom. The van der Waals surface area contributed by atoms with Gasteiger partial charge < -0.3 is 9.88 Å². The number of nitrogens with zero attached hydrogens (tertiary/aromatic N) is 7. The number of anilines is 1. The maximum absolute atomic E-state index is 13.3. The van der Waals surface area contributed by atoms with Crippen molar-refractivity contribution in [3.63, 3.8) is 0 Å². The zero-order chi connectivity index (χ0) is 22.9. The standard InChI is InChI=1S/C23H20N8O2/c1-14(2)30-11-18(17-10-25-13-26-23(17)30)22(33)15-7-16(9-24-8-15)27-21(32)12-31-20-6-4-3-5-19(20)28-29-31/h3-11,13-14H,12H2,1-2H3,(H,27,32). The molecule has 0 radical (unpaired) electrons. The van der Waals surface area contributed by atoms with Crippen molar-refractivity contribution in [3.05, 3.63) is 72.6 Å². The van der Waals surface area contributed by atoms with Crippen LogP contribution in [0.4, 0.5) is 5.69 Å². The summed E-state index contributed by atoms with van der Waals surface area (Å²) in [5, 5.41) is 11.5. The molecule has 5 aromatic rings. The molecule has 0 atom stereocenters. The maximum Gasteiger partial charge on any atom is 0.246 e. The first kappa shape index (κ1) is 20.4. The molecule has 0 bridgehead atoms. The van der Waals surface area contributed by atoms with Crippen molar-refractivity contribution in [2.24, 2.45) is 0 Å². The van der Waals surface area contributed by atoms with Crippen LogP contribution in [0.25, 0.3) is 22.1 Å². The van der Waals surface area contributed by atoms with E-state index in [2.05, 4.69) is 30.6 Å². The molecule has 0 fully saturated rings. The molecule has 0 saturated carbocycles. The van der Waals surface area contributed by atoms with Crippen LogP contribution in [-0.4, -0.2) is 46.2 Å². The summed E-state index contributed by atoms with van der Waals surface area (Å²) in [6, 6.07) is 9.13. The van der Waals surface area contributed by atoms with Gasteiger partial charge in [-0.3, -0.25) is 14.6 Å². The summed E-state index contributed by atoms with van der Waals surface area (Å²) in [6.45, 7) is 4.02. The molecular formula is C23H20N8O2. The van der Waals surface area contributed by atoms with E-state index >= 15 is 0 Å². The van der Waals surface area contributed by atoms with E-state index in [0.717, 1.165) is 5.52 Å². The smallest absolute Gasteiger partial charge is 0.246 e. The molecule has 33 heavy (non-hydrogen) atoms. The van der Waals surface area contributed by atoms with Crippen LogP contribution in [0.3, 0.4) is 0 Å². The van der Waals surface area contributed by atoms with Gasteiger partial charge in [-0.25, -0.2) is 14.6 Å². The second-order valence-electron chi connectivity index (χ2n) is 7.88. The van der Waals surface area contributed by atoms with E-state index in [1.807, 2.05) is 42.7 Å². The Morgan fingerprint density at radius 1 is 1.09 bits per heavy atom. The third kappa shape index (κ3) is 3.82. The number of hydrogen-bond donors (Lipinski definition) is 1. The molecule has 0 aliphatic carbocycles. The minimum atomic E-state index is -0.304. The molecule has 5 rings (SSSR count). The number of aromatic nitrogens is 7. The van der Waals surface area contributed by atoms with E-state index < -0.39 is 0 Å². The van der Waals surface area contributed by atoms with Crippen LogP contribution in [0.2, 0.25) is 0 Å². The molecule has 10 nitrogen and oxygen atoms in total. The first-order valence-corrected chi connectivity index (χ1v) is 10.4. The number of nitrogens with one attached hydrogen (secondary N) is 1. The van der Waals surface area contributed by atoms with Gasteiger partial charge >= 0.3 is 0 Å². The van der Waals surface area contributed by atoms with Gasteiger partial charge in [0.2, 0.25) is 5.91 Å². The molecule has 0 aliphatic rings. The molecule has 0 aliphatic heterocycles. The van der Waals surface area contributed by atoms with Crippen LogP contribution in [0, 0.1) is 0 Å². The normalized spacial score (nSPS) is 11.4. The number of hydrogen-bond acceptors (Lipinski definition) is 7. The molecule has 0 saturated heterocycles. The van der Waals surface area contributed by atoms with Gasteiger partial charge in [0, 0.05) is 35.6 Å². The summed E-state index contributed by atoms with van der Waals surface area (Å²) in [5.41, 5.74) is 3.42. The quantitative estimate of drug-likeness (QED) is 0.403. The summed E-state index contributed by atoms with van der Waals surface area (Å²) in [4.78, 5) is 38.4. The molecule has 4 aromatic heterocycles. The highest BCUT2D eigenvalue weighted by Crippen LogP contribution is 2.25. The number of amides is 1. The number of benzene rings is 1. The van der Waals surface area contributed by atoms with Gasteiger partial charge in [-0.1, -0.05) is 17.3 Å². The lowest BCUT2D eigenvalue weighted by atomic mass is 10.1. The molecule has 1 N–H and O–H groups in total. The molecule has 164 valence electrons. The average Bonchev–Trinajstić information content (AvgIpc) is 3.41. The first-order chi connectivity index (χ1) is 16.0. The van der Waals surface area contributed by atoms with Gasteiger partial charge in [-0.15, -0.1) is 5.10 Å². The highest BCUT2D eigenvalue weighted by molar-refractivity contribution is 6.16. The Balaban J connectivity index is 1.39. The van der Waals surface area contributed by atoms with Gasteiger partial charge in [0.1, 0.15) is 24.0 Å². The van der Waals surface area contributed by atoms with Crippen molar-refractivity contribution < 1.29 is 9.59 Å². The number of carbonyl (C=O) groups excluding carboxylic acids is 2. The van der Waals surface area contributed by atoms with Crippen LogP contribution in [0.1, 0.15) is 35.8 Å². The number of fused-ring (bicyclic) bond motifs is 2. The molecule has 0 unspecified atom stereocenters. The van der Waals surface area contributed by atoms with Crippen molar-refractivity contribution >= 4 is 39.4 Å². The molecule has 10 heteroatoms. The van der Waals surface area contributed by atoms with Crippen LogP contribution in [-0.2, 0) is 11.3 Å². The summed E-state index contributed by atoms with van der Waals surface area (Å²) >= 11 is 0. The number of pyridine rings is 1. The zero-order valence-corrected chi connectivity index (χ0v) is 18.0. The largest absolute Gasteiger partial charge is 0.329 e. The molecule has 0 spiro atoms. The van der Waals surface area contributed by atoms with Gasteiger partial charge in [-0.2, -0.15) is 0 Å². The van der Waals surface area contributed by atoms with Gasteiger partial charge in [0.15, 0.2) is 5.78 Å². The van der Waals surface area contributed by atoms with E-state index in [1.54, 1.807) is 18.5 Å². The van der Waals surface area contributed by atoms with Crippen LogP contribution in [0.15, 0.2) is 61.4 Å². The Labute approximate surface area is 188 Å². The van der Waals surface area contributed by atoms with Crippen LogP contribution in [0.5, 0.6) is 0 Å². The van der Waals surface area contributed by atoms with Crippen LogP contribution < -0.4 is 5.32 Å². The SMILES string of the molecule is CC(C)n1cc(C(=O)c2cncc(NC(=O)Cn3nnc4ccccc43)c2)c2cncnc21. The number of para-hydroxylation sites is 1. The van der Waals surface area contributed by atoms with Gasteiger partial charge in [0.25, 0.3) is 0 Å². The van der Waals surface area contributed by atoms with Crippen molar-refractivity contribution in [3.8, 4) is 0 Å². The Bertz CT molecular complexity index is 1500. The topological polar surface area (TPSA) is 120 Å². The Morgan fingerprint density at radius 2 is 1.94 bits per heavy atom. The van der Waals surface area contributed by atoms with E-state index in [0.29, 0.717) is 33.4 Å².